The molecule has 1 atom stereocenters. The molecular formula is C13H18BrClN2O. The van der Waals surface area contributed by atoms with Crippen LogP contribution in [0.15, 0.2) is 22.7 Å². The number of nitrogens with one attached hydrogen (secondary N) is 1. The molecule has 0 aliphatic carbocycles. The Labute approximate surface area is 121 Å². The smallest absolute Gasteiger partial charge is 0.0629 e. The van der Waals surface area contributed by atoms with Crippen LogP contribution in [0.3, 0.4) is 0 Å². The Morgan fingerprint density at radius 1 is 1.39 bits per heavy atom. The van der Waals surface area contributed by atoms with Crippen molar-refractivity contribution in [1.29, 1.82) is 0 Å². The van der Waals surface area contributed by atoms with E-state index in [1.54, 1.807) is 0 Å². The fraction of sp³-hybridized carbons (Fsp3) is 0.538. The molecule has 0 saturated carbocycles. The number of rotatable bonds is 3. The van der Waals surface area contributed by atoms with E-state index in [0.717, 1.165) is 42.6 Å². The maximum atomic E-state index is 9.68. The average molecular weight is 334 g/mol. The zero-order chi connectivity index (χ0) is 13.0. The van der Waals surface area contributed by atoms with Gasteiger partial charge < -0.3 is 10.4 Å². The van der Waals surface area contributed by atoms with Crippen LogP contribution in [0.1, 0.15) is 18.0 Å². The first-order chi connectivity index (χ1) is 8.72. The molecule has 1 fully saturated rings. The van der Waals surface area contributed by atoms with Gasteiger partial charge in [-0.1, -0.05) is 33.6 Å². The van der Waals surface area contributed by atoms with E-state index in [1.807, 2.05) is 18.2 Å². The molecule has 1 aromatic carbocycles. The van der Waals surface area contributed by atoms with E-state index >= 15 is 0 Å². The topological polar surface area (TPSA) is 35.5 Å². The lowest BCUT2D eigenvalue weighted by Crippen LogP contribution is -2.34. The standard InChI is InChI=1S/C13H18BrClN2O/c14-10-2-3-11(12(15)8-10)13(9-18)17-6-1-4-16-5-7-17/h2-3,8,13,16,18H,1,4-7,9H2. The zero-order valence-electron chi connectivity index (χ0n) is 10.2. The van der Waals surface area contributed by atoms with Crippen LogP contribution in [0.25, 0.3) is 0 Å². The van der Waals surface area contributed by atoms with Gasteiger partial charge in [-0.25, -0.2) is 0 Å². The molecule has 0 bridgehead atoms. The molecule has 1 aliphatic rings. The van der Waals surface area contributed by atoms with Crippen LogP contribution in [0, 0.1) is 0 Å². The van der Waals surface area contributed by atoms with Crippen molar-refractivity contribution < 1.29 is 5.11 Å². The molecular weight excluding hydrogens is 316 g/mol. The average Bonchev–Trinajstić information content (AvgIpc) is 2.62. The van der Waals surface area contributed by atoms with E-state index in [2.05, 4.69) is 26.1 Å². The Morgan fingerprint density at radius 3 is 2.94 bits per heavy atom. The van der Waals surface area contributed by atoms with Crippen molar-refractivity contribution in [2.45, 2.75) is 12.5 Å². The van der Waals surface area contributed by atoms with Crippen molar-refractivity contribution >= 4 is 27.5 Å². The van der Waals surface area contributed by atoms with Gasteiger partial charge in [0.05, 0.1) is 12.6 Å². The number of aliphatic hydroxyl groups is 1. The predicted octanol–water partition coefficient (Wildman–Crippen LogP) is 2.43. The lowest BCUT2D eigenvalue weighted by Gasteiger charge is -2.29. The monoisotopic (exact) mass is 332 g/mol. The van der Waals surface area contributed by atoms with Crippen molar-refractivity contribution in [3.05, 3.63) is 33.3 Å². The van der Waals surface area contributed by atoms with E-state index < -0.39 is 0 Å². The van der Waals surface area contributed by atoms with E-state index in [9.17, 15) is 5.11 Å². The highest BCUT2D eigenvalue weighted by atomic mass is 79.9. The van der Waals surface area contributed by atoms with E-state index in [1.165, 1.54) is 0 Å². The molecule has 2 rings (SSSR count). The number of benzene rings is 1. The first-order valence-corrected chi connectivity index (χ1v) is 7.40. The molecule has 1 heterocycles. The second kappa shape index (κ2) is 6.87. The lowest BCUT2D eigenvalue weighted by atomic mass is 10.1. The van der Waals surface area contributed by atoms with E-state index in [-0.39, 0.29) is 12.6 Å². The molecule has 0 aromatic heterocycles. The summed E-state index contributed by atoms with van der Waals surface area (Å²) in [5, 5.41) is 13.8. The largest absolute Gasteiger partial charge is 0.394 e. The van der Waals surface area contributed by atoms with E-state index in [0.29, 0.717) is 5.02 Å². The quantitative estimate of drug-likeness (QED) is 0.892. The number of aliphatic hydroxyl groups excluding tert-OH is 1. The fourth-order valence-corrected chi connectivity index (χ4v) is 3.16. The fourth-order valence-electron chi connectivity index (χ4n) is 2.36. The van der Waals surface area contributed by atoms with Crippen LogP contribution in [0.4, 0.5) is 0 Å². The third-order valence-corrected chi connectivity index (χ3v) is 4.13. The number of hydrogen-bond donors (Lipinski definition) is 2. The van der Waals surface area contributed by atoms with Gasteiger partial charge in [-0.2, -0.15) is 0 Å². The number of hydrogen-bond acceptors (Lipinski definition) is 3. The van der Waals surface area contributed by atoms with Gasteiger partial charge in [0.2, 0.25) is 0 Å². The lowest BCUT2D eigenvalue weighted by molar-refractivity contribution is 0.130. The molecule has 5 heteroatoms. The summed E-state index contributed by atoms with van der Waals surface area (Å²) in [6.45, 7) is 4.04. The SMILES string of the molecule is OCC(c1ccc(Br)cc1Cl)N1CCCNCC1. The third kappa shape index (κ3) is 3.45. The van der Waals surface area contributed by atoms with Crippen LogP contribution >= 0.6 is 27.5 Å². The van der Waals surface area contributed by atoms with Crippen LogP contribution in [0.5, 0.6) is 0 Å². The molecule has 1 unspecified atom stereocenters. The van der Waals surface area contributed by atoms with Crippen molar-refractivity contribution in [1.82, 2.24) is 10.2 Å². The first-order valence-electron chi connectivity index (χ1n) is 6.23. The highest BCUT2D eigenvalue weighted by Gasteiger charge is 2.22. The van der Waals surface area contributed by atoms with Crippen molar-refractivity contribution in [3.8, 4) is 0 Å². The Morgan fingerprint density at radius 2 is 2.22 bits per heavy atom. The molecule has 2 N–H and O–H groups in total. The summed E-state index contributed by atoms with van der Waals surface area (Å²) in [5.74, 6) is 0. The molecule has 1 aliphatic heterocycles. The summed E-state index contributed by atoms with van der Waals surface area (Å²) >= 11 is 9.68. The summed E-state index contributed by atoms with van der Waals surface area (Å²) in [5.41, 5.74) is 1.00. The minimum absolute atomic E-state index is 0.00880. The molecule has 3 nitrogen and oxygen atoms in total. The summed E-state index contributed by atoms with van der Waals surface area (Å²) in [7, 11) is 0. The van der Waals surface area contributed by atoms with Gasteiger partial charge in [-0.05, 0) is 30.7 Å². The summed E-state index contributed by atoms with van der Waals surface area (Å²) < 4.78 is 0.963. The Hall–Kier alpha value is -0.130. The van der Waals surface area contributed by atoms with Crippen LogP contribution in [-0.4, -0.2) is 42.8 Å². The molecule has 0 amide bonds. The normalized spacial score (nSPS) is 19.5. The van der Waals surface area contributed by atoms with Gasteiger partial charge in [0, 0.05) is 29.1 Å². The van der Waals surface area contributed by atoms with E-state index in [4.69, 9.17) is 11.6 Å². The molecule has 0 spiro atoms. The molecule has 0 radical (unpaired) electrons. The summed E-state index contributed by atoms with van der Waals surface area (Å²) in [4.78, 5) is 2.30. The van der Waals surface area contributed by atoms with Gasteiger partial charge in [-0.15, -0.1) is 0 Å². The Kier molecular flexibility index (Phi) is 5.45. The predicted molar refractivity (Wildman–Crippen MR) is 78.0 cm³/mol. The van der Waals surface area contributed by atoms with Crippen molar-refractivity contribution in [2.24, 2.45) is 0 Å². The first kappa shape index (κ1) is 14.3. The third-order valence-electron chi connectivity index (χ3n) is 3.31. The number of nitrogens with zero attached hydrogens (tertiary/aromatic N) is 1. The van der Waals surface area contributed by atoms with Gasteiger partial charge in [0.25, 0.3) is 0 Å². The minimum atomic E-state index is -0.00880. The molecule has 18 heavy (non-hydrogen) atoms. The van der Waals surface area contributed by atoms with Gasteiger partial charge in [-0.3, -0.25) is 4.90 Å². The Bertz CT molecular complexity index is 395. The number of halogens is 2. The van der Waals surface area contributed by atoms with Crippen LogP contribution in [0.2, 0.25) is 5.02 Å². The summed E-state index contributed by atoms with van der Waals surface area (Å²) in [6.07, 6.45) is 1.10. The van der Waals surface area contributed by atoms with Crippen LogP contribution < -0.4 is 5.32 Å². The zero-order valence-corrected chi connectivity index (χ0v) is 12.5. The van der Waals surface area contributed by atoms with Crippen molar-refractivity contribution in [2.75, 3.05) is 32.8 Å². The summed E-state index contributed by atoms with van der Waals surface area (Å²) in [6, 6.07) is 5.84. The van der Waals surface area contributed by atoms with Gasteiger partial charge >= 0.3 is 0 Å². The Balaban J connectivity index is 2.20. The van der Waals surface area contributed by atoms with Crippen LogP contribution in [-0.2, 0) is 0 Å². The molecule has 1 aromatic rings. The maximum Gasteiger partial charge on any atom is 0.0629 e. The second-order valence-corrected chi connectivity index (χ2v) is 5.83. The molecule has 1 saturated heterocycles. The van der Waals surface area contributed by atoms with Gasteiger partial charge in [0.1, 0.15) is 0 Å². The highest BCUT2D eigenvalue weighted by molar-refractivity contribution is 9.10. The second-order valence-electron chi connectivity index (χ2n) is 4.50. The van der Waals surface area contributed by atoms with Crippen molar-refractivity contribution in [3.63, 3.8) is 0 Å². The van der Waals surface area contributed by atoms with Gasteiger partial charge in [0.15, 0.2) is 0 Å². The molecule has 100 valence electrons. The highest BCUT2D eigenvalue weighted by Crippen LogP contribution is 2.30. The maximum absolute atomic E-state index is 9.68. The minimum Gasteiger partial charge on any atom is -0.394 e.